The number of pyridine rings is 2. The molecule has 0 spiro atoms. The van der Waals surface area contributed by atoms with Gasteiger partial charge in [-0.05, 0) is 56.1 Å². The van der Waals surface area contributed by atoms with Crippen LogP contribution in [-0.4, -0.2) is 32.1 Å². The molecule has 0 aliphatic carbocycles. The Morgan fingerprint density at radius 1 is 1.12 bits per heavy atom. The van der Waals surface area contributed by atoms with E-state index >= 15 is 0 Å². The lowest BCUT2D eigenvalue weighted by Gasteiger charge is -2.30. The van der Waals surface area contributed by atoms with Gasteiger partial charge in [-0.15, -0.1) is 12.4 Å². The fourth-order valence-electron chi connectivity index (χ4n) is 5.52. The quantitative estimate of drug-likeness (QED) is 0.427. The predicted octanol–water partition coefficient (Wildman–Crippen LogP) is 4.73. The largest absolute Gasteiger partial charge is 0.489 e. The van der Waals surface area contributed by atoms with Gasteiger partial charge < -0.3 is 9.30 Å². The lowest BCUT2D eigenvalue weighted by Crippen LogP contribution is -2.31. The van der Waals surface area contributed by atoms with Gasteiger partial charge in [0.05, 0.1) is 11.2 Å². The molecule has 3 aromatic heterocycles. The number of hydrogen-bond donors (Lipinski definition) is 0. The van der Waals surface area contributed by atoms with Crippen LogP contribution < -0.4 is 10.3 Å². The lowest BCUT2D eigenvalue weighted by atomic mass is 9.96. The molecule has 0 amide bonds. The van der Waals surface area contributed by atoms with Gasteiger partial charge in [-0.1, -0.05) is 12.1 Å². The normalized spacial score (nSPS) is 17.3. The van der Waals surface area contributed by atoms with Crippen LogP contribution in [0.25, 0.3) is 16.6 Å². The molecular weight excluding hydrogens is 448 g/mol. The number of benzene rings is 1. The van der Waals surface area contributed by atoms with Crippen molar-refractivity contribution in [3.05, 3.63) is 87.7 Å². The van der Waals surface area contributed by atoms with Gasteiger partial charge in [0.2, 0.25) is 0 Å². The van der Waals surface area contributed by atoms with Crippen molar-refractivity contribution in [1.82, 2.24) is 19.0 Å². The molecule has 2 aliphatic heterocycles. The Morgan fingerprint density at radius 2 is 2.00 bits per heavy atom. The fraction of sp³-hybridized carbons (Fsp3) is 0.333. The first-order valence-corrected chi connectivity index (χ1v) is 11.7. The summed E-state index contributed by atoms with van der Waals surface area (Å²) in [5.74, 6) is 0.563. The fourth-order valence-corrected chi connectivity index (χ4v) is 5.52. The van der Waals surface area contributed by atoms with Gasteiger partial charge in [-0.25, -0.2) is 0 Å². The van der Waals surface area contributed by atoms with Gasteiger partial charge in [0.15, 0.2) is 0 Å². The molecule has 1 fully saturated rings. The van der Waals surface area contributed by atoms with E-state index in [1.54, 1.807) is 23.0 Å². The van der Waals surface area contributed by atoms with Crippen LogP contribution >= 0.6 is 12.4 Å². The summed E-state index contributed by atoms with van der Waals surface area (Å²) in [7, 11) is 2.16. The van der Waals surface area contributed by atoms with E-state index < -0.39 is 0 Å². The van der Waals surface area contributed by atoms with Crippen LogP contribution in [0.2, 0.25) is 0 Å². The molecule has 0 bridgehead atoms. The molecule has 2 aliphatic rings. The number of aromatic nitrogens is 3. The molecule has 1 unspecified atom stereocenters. The van der Waals surface area contributed by atoms with E-state index in [1.807, 2.05) is 25.1 Å². The van der Waals surface area contributed by atoms with Gasteiger partial charge in [0, 0.05) is 66.9 Å². The van der Waals surface area contributed by atoms with E-state index in [0.29, 0.717) is 18.4 Å². The van der Waals surface area contributed by atoms with Gasteiger partial charge in [0.25, 0.3) is 5.56 Å². The zero-order chi connectivity index (χ0) is 22.5. The monoisotopic (exact) mass is 476 g/mol. The minimum absolute atomic E-state index is 0. The van der Waals surface area contributed by atoms with Crippen LogP contribution in [-0.2, 0) is 20.1 Å². The average Bonchev–Trinajstić information content (AvgIpc) is 3.41. The Hall–Kier alpha value is -3.09. The standard InChI is InChI=1S/C27H28N4O2.ClH/c1-18-5-6-19(16-28-18)17-33-21-9-13-31(26(32)15-21)20-7-8-22-25(14-20)29(2)23-10-12-30-11-3-4-24(30)27(22)23;/h5-9,13-16,24H,3-4,10-12,17H2,1-2H3;1H. The first kappa shape index (κ1) is 22.7. The molecule has 6 nitrogen and oxygen atoms in total. The van der Waals surface area contributed by atoms with E-state index in [4.69, 9.17) is 4.74 Å². The second kappa shape index (κ2) is 8.93. The number of rotatable bonds is 4. The molecule has 5 heterocycles. The number of aryl methyl sites for hydroxylation is 2. The summed E-state index contributed by atoms with van der Waals surface area (Å²) in [4.78, 5) is 19.8. The van der Waals surface area contributed by atoms with Crippen molar-refractivity contribution >= 4 is 23.3 Å². The smallest absolute Gasteiger partial charge is 0.258 e. The second-order valence-electron chi connectivity index (χ2n) is 9.23. The second-order valence-corrected chi connectivity index (χ2v) is 9.23. The predicted molar refractivity (Wildman–Crippen MR) is 136 cm³/mol. The number of ether oxygens (including phenoxy) is 1. The van der Waals surface area contributed by atoms with Crippen LogP contribution in [0.5, 0.6) is 5.75 Å². The summed E-state index contributed by atoms with van der Waals surface area (Å²) >= 11 is 0. The SMILES string of the molecule is Cc1ccc(COc2ccn(-c3ccc4c5c(n(C)c4c3)CCN3CCCC53)c(=O)c2)cn1.Cl. The third-order valence-electron chi connectivity index (χ3n) is 7.23. The first-order chi connectivity index (χ1) is 16.1. The molecule has 0 N–H and O–H groups in total. The van der Waals surface area contributed by atoms with Gasteiger partial charge in [-0.3, -0.25) is 19.2 Å². The Morgan fingerprint density at radius 3 is 2.79 bits per heavy atom. The van der Waals surface area contributed by atoms with Crippen molar-refractivity contribution in [1.29, 1.82) is 0 Å². The molecule has 0 saturated carbocycles. The Kier molecular flexibility index (Phi) is 5.96. The Labute approximate surface area is 205 Å². The van der Waals surface area contributed by atoms with Crippen molar-refractivity contribution in [2.24, 2.45) is 7.05 Å². The highest BCUT2D eigenvalue weighted by atomic mass is 35.5. The molecule has 6 rings (SSSR count). The molecule has 7 heteroatoms. The molecule has 176 valence electrons. The highest BCUT2D eigenvalue weighted by molar-refractivity contribution is 5.88. The maximum atomic E-state index is 12.9. The summed E-state index contributed by atoms with van der Waals surface area (Å²) in [5, 5.41) is 1.33. The summed E-state index contributed by atoms with van der Waals surface area (Å²) in [5.41, 5.74) is 6.88. The average molecular weight is 477 g/mol. The highest BCUT2D eigenvalue weighted by Crippen LogP contribution is 2.42. The lowest BCUT2D eigenvalue weighted by molar-refractivity contribution is 0.242. The highest BCUT2D eigenvalue weighted by Gasteiger charge is 2.34. The molecule has 1 saturated heterocycles. The van der Waals surface area contributed by atoms with Crippen molar-refractivity contribution in [3.8, 4) is 11.4 Å². The molecule has 34 heavy (non-hydrogen) atoms. The third-order valence-corrected chi connectivity index (χ3v) is 7.23. The van der Waals surface area contributed by atoms with Crippen molar-refractivity contribution in [3.63, 3.8) is 0 Å². The number of halogens is 1. The van der Waals surface area contributed by atoms with Gasteiger partial charge in [0.1, 0.15) is 12.4 Å². The van der Waals surface area contributed by atoms with Crippen molar-refractivity contribution in [2.75, 3.05) is 13.1 Å². The summed E-state index contributed by atoms with van der Waals surface area (Å²) < 4.78 is 9.85. The van der Waals surface area contributed by atoms with Crippen molar-refractivity contribution in [2.45, 2.75) is 38.8 Å². The summed E-state index contributed by atoms with van der Waals surface area (Å²) in [6.07, 6.45) is 7.22. The van der Waals surface area contributed by atoms with Gasteiger partial charge in [-0.2, -0.15) is 0 Å². The van der Waals surface area contributed by atoms with E-state index in [0.717, 1.165) is 29.9 Å². The summed E-state index contributed by atoms with van der Waals surface area (Å²) in [6.45, 7) is 4.70. The molecule has 1 atom stereocenters. The van der Waals surface area contributed by atoms with Crippen molar-refractivity contribution < 1.29 is 4.74 Å². The maximum Gasteiger partial charge on any atom is 0.258 e. The van der Waals surface area contributed by atoms with E-state index in [-0.39, 0.29) is 18.0 Å². The van der Waals surface area contributed by atoms with E-state index in [2.05, 4.69) is 39.7 Å². The topological polar surface area (TPSA) is 52.3 Å². The Balaban J connectivity index is 0.00000241. The summed E-state index contributed by atoms with van der Waals surface area (Å²) in [6, 6.07) is 14.3. The van der Waals surface area contributed by atoms with Crippen LogP contribution in [0.15, 0.2) is 59.7 Å². The van der Waals surface area contributed by atoms with Crippen LogP contribution in [0.3, 0.4) is 0 Å². The van der Waals surface area contributed by atoms with Gasteiger partial charge >= 0.3 is 0 Å². The molecule has 1 aromatic carbocycles. The minimum Gasteiger partial charge on any atom is -0.489 e. The number of nitrogens with zero attached hydrogens (tertiary/aromatic N) is 4. The third kappa shape index (κ3) is 3.81. The number of hydrogen-bond acceptors (Lipinski definition) is 4. The zero-order valence-corrected chi connectivity index (χ0v) is 20.3. The van der Waals surface area contributed by atoms with E-state index in [9.17, 15) is 4.79 Å². The molecular formula is C27H29ClN4O2. The van der Waals surface area contributed by atoms with Crippen LogP contribution in [0.4, 0.5) is 0 Å². The first-order valence-electron chi connectivity index (χ1n) is 11.7. The molecule has 0 radical (unpaired) electrons. The number of fused-ring (bicyclic) bond motifs is 5. The van der Waals surface area contributed by atoms with E-state index in [1.165, 1.54) is 41.5 Å². The molecule has 4 aromatic rings. The Bertz CT molecular complexity index is 1410. The minimum atomic E-state index is -0.102. The van der Waals surface area contributed by atoms with Crippen LogP contribution in [0.1, 0.15) is 41.4 Å². The van der Waals surface area contributed by atoms with Crippen LogP contribution in [0, 0.1) is 6.92 Å². The zero-order valence-electron chi connectivity index (χ0n) is 19.5. The maximum absolute atomic E-state index is 12.9.